The molecular weight excluding hydrogens is 308 g/mol. The van der Waals surface area contributed by atoms with E-state index in [-0.39, 0.29) is 18.1 Å². The van der Waals surface area contributed by atoms with Crippen LogP contribution < -0.4 is 0 Å². The second-order valence-corrected chi connectivity index (χ2v) is 6.12. The summed E-state index contributed by atoms with van der Waals surface area (Å²) >= 11 is 0. The molecule has 0 radical (unpaired) electrons. The number of hydrogen-bond acceptors (Lipinski definition) is 6. The second-order valence-electron chi connectivity index (χ2n) is 6.12. The summed E-state index contributed by atoms with van der Waals surface area (Å²) in [6.07, 6.45) is 0. The minimum Gasteiger partial charge on any atom is -0.468 e. The Morgan fingerprint density at radius 2 is 1.50 bits per heavy atom. The van der Waals surface area contributed by atoms with E-state index >= 15 is 0 Å². The average Bonchev–Trinajstić information content (AvgIpc) is 2.67. The smallest absolute Gasteiger partial charge is 0.325 e. The van der Waals surface area contributed by atoms with Gasteiger partial charge in [-0.2, -0.15) is 0 Å². The van der Waals surface area contributed by atoms with Gasteiger partial charge < -0.3 is 14.2 Å². The van der Waals surface area contributed by atoms with E-state index in [0.717, 1.165) is 31.7 Å². The molecule has 2 saturated heterocycles. The molecule has 0 unspecified atom stereocenters. The molecule has 1 aromatic rings. The highest BCUT2D eigenvalue weighted by Gasteiger charge is 2.40. The number of nitrogens with zero attached hydrogens (tertiary/aromatic N) is 2. The van der Waals surface area contributed by atoms with Crippen LogP contribution in [0.15, 0.2) is 30.3 Å². The summed E-state index contributed by atoms with van der Waals surface area (Å²) in [4.78, 5) is 17.2. The standard InChI is InChI=1S/C18H26N2O4/c1-22-18(21)17(20-9-13-24-14-10-20)16(15-5-3-2-4-6-15)19-7-11-23-12-8-19/h2-6,16-17H,7-14H2,1H3/t16-,17-/m0/s1. The molecule has 132 valence electrons. The van der Waals surface area contributed by atoms with Crippen molar-refractivity contribution >= 4 is 5.97 Å². The molecule has 0 bridgehead atoms. The fourth-order valence-electron chi connectivity index (χ4n) is 3.55. The maximum Gasteiger partial charge on any atom is 0.325 e. The summed E-state index contributed by atoms with van der Waals surface area (Å²) in [5.74, 6) is -0.183. The van der Waals surface area contributed by atoms with E-state index in [9.17, 15) is 4.79 Å². The van der Waals surface area contributed by atoms with Gasteiger partial charge in [0.15, 0.2) is 0 Å². The molecule has 0 saturated carbocycles. The molecule has 2 heterocycles. The van der Waals surface area contributed by atoms with Crippen LogP contribution in [-0.2, 0) is 19.0 Å². The van der Waals surface area contributed by atoms with E-state index in [1.807, 2.05) is 18.2 Å². The van der Waals surface area contributed by atoms with Crippen LogP contribution in [0.4, 0.5) is 0 Å². The van der Waals surface area contributed by atoms with Crippen LogP contribution in [0.3, 0.4) is 0 Å². The molecule has 0 amide bonds. The van der Waals surface area contributed by atoms with E-state index in [2.05, 4.69) is 21.9 Å². The van der Waals surface area contributed by atoms with Crippen LogP contribution >= 0.6 is 0 Å². The first-order valence-corrected chi connectivity index (χ1v) is 8.57. The van der Waals surface area contributed by atoms with E-state index in [1.165, 1.54) is 7.11 Å². The topological polar surface area (TPSA) is 51.2 Å². The molecular formula is C18H26N2O4. The third-order valence-corrected chi connectivity index (χ3v) is 4.76. The first-order valence-electron chi connectivity index (χ1n) is 8.57. The van der Waals surface area contributed by atoms with Gasteiger partial charge >= 0.3 is 5.97 Å². The fourth-order valence-corrected chi connectivity index (χ4v) is 3.55. The SMILES string of the molecule is COC(=O)[C@H]([C@H](c1ccccc1)N1CCOCC1)N1CCOCC1. The van der Waals surface area contributed by atoms with Crippen LogP contribution in [0.2, 0.25) is 0 Å². The van der Waals surface area contributed by atoms with Crippen LogP contribution in [0.5, 0.6) is 0 Å². The van der Waals surface area contributed by atoms with Gasteiger partial charge in [0, 0.05) is 26.2 Å². The number of ether oxygens (including phenoxy) is 3. The van der Waals surface area contributed by atoms with Crippen molar-refractivity contribution in [2.45, 2.75) is 12.1 Å². The lowest BCUT2D eigenvalue weighted by molar-refractivity contribution is -0.153. The molecule has 2 atom stereocenters. The van der Waals surface area contributed by atoms with Crippen molar-refractivity contribution in [2.75, 3.05) is 59.7 Å². The Balaban J connectivity index is 1.94. The Kier molecular flexibility index (Phi) is 6.20. The van der Waals surface area contributed by atoms with Gasteiger partial charge in [0.2, 0.25) is 0 Å². The van der Waals surface area contributed by atoms with Crippen molar-refractivity contribution in [1.82, 2.24) is 9.80 Å². The van der Waals surface area contributed by atoms with E-state index in [0.29, 0.717) is 26.4 Å². The fraction of sp³-hybridized carbons (Fsp3) is 0.611. The minimum absolute atomic E-state index is 0.0411. The van der Waals surface area contributed by atoms with E-state index < -0.39 is 0 Å². The van der Waals surface area contributed by atoms with Crippen molar-refractivity contribution in [3.8, 4) is 0 Å². The lowest BCUT2D eigenvalue weighted by atomic mass is 9.95. The molecule has 0 aromatic heterocycles. The number of hydrogen-bond donors (Lipinski definition) is 0. The Hall–Kier alpha value is -1.47. The normalized spacial score (nSPS) is 22.7. The summed E-state index contributed by atoms with van der Waals surface area (Å²) in [6.45, 7) is 5.81. The molecule has 6 heteroatoms. The summed E-state index contributed by atoms with van der Waals surface area (Å²) in [7, 11) is 1.47. The van der Waals surface area contributed by atoms with Gasteiger partial charge in [-0.3, -0.25) is 14.6 Å². The number of rotatable bonds is 5. The van der Waals surface area contributed by atoms with Crippen molar-refractivity contribution in [3.05, 3.63) is 35.9 Å². The maximum absolute atomic E-state index is 12.7. The Morgan fingerprint density at radius 1 is 0.958 bits per heavy atom. The summed E-state index contributed by atoms with van der Waals surface area (Å²) in [5.41, 5.74) is 1.14. The zero-order valence-corrected chi connectivity index (χ0v) is 14.2. The molecule has 24 heavy (non-hydrogen) atoms. The maximum atomic E-state index is 12.7. The highest BCUT2D eigenvalue weighted by molar-refractivity contribution is 5.77. The first-order chi connectivity index (χ1) is 11.8. The average molecular weight is 334 g/mol. The number of morpholine rings is 2. The zero-order valence-electron chi connectivity index (χ0n) is 14.2. The third-order valence-electron chi connectivity index (χ3n) is 4.76. The van der Waals surface area contributed by atoms with Crippen molar-refractivity contribution in [1.29, 1.82) is 0 Å². The van der Waals surface area contributed by atoms with Gasteiger partial charge in [-0.15, -0.1) is 0 Å². The monoisotopic (exact) mass is 334 g/mol. The second kappa shape index (κ2) is 8.58. The van der Waals surface area contributed by atoms with E-state index in [4.69, 9.17) is 14.2 Å². The molecule has 0 spiro atoms. The zero-order chi connectivity index (χ0) is 16.8. The number of carbonyl (C=O) groups excluding carboxylic acids is 1. The lowest BCUT2D eigenvalue weighted by Gasteiger charge is -2.43. The van der Waals surface area contributed by atoms with Crippen molar-refractivity contribution in [2.24, 2.45) is 0 Å². The van der Waals surface area contributed by atoms with Gasteiger partial charge in [-0.1, -0.05) is 30.3 Å². The van der Waals surface area contributed by atoms with Crippen molar-refractivity contribution < 1.29 is 19.0 Å². The molecule has 1 aromatic carbocycles. The van der Waals surface area contributed by atoms with Gasteiger partial charge in [-0.25, -0.2) is 0 Å². The molecule has 3 rings (SSSR count). The Morgan fingerprint density at radius 3 is 2.04 bits per heavy atom. The van der Waals surface area contributed by atoms with Crippen molar-refractivity contribution in [3.63, 3.8) is 0 Å². The Labute approximate surface area is 143 Å². The Bertz CT molecular complexity index is 513. The van der Waals surface area contributed by atoms with E-state index in [1.54, 1.807) is 0 Å². The molecule has 2 aliphatic heterocycles. The highest BCUT2D eigenvalue weighted by atomic mass is 16.5. The number of esters is 1. The van der Waals surface area contributed by atoms with Gasteiger partial charge in [0.25, 0.3) is 0 Å². The number of methoxy groups -OCH3 is 1. The molecule has 0 N–H and O–H groups in total. The van der Waals surface area contributed by atoms with Gasteiger partial charge in [0.1, 0.15) is 6.04 Å². The lowest BCUT2D eigenvalue weighted by Crippen LogP contribution is -2.56. The van der Waals surface area contributed by atoms with Crippen LogP contribution in [0, 0.1) is 0 Å². The molecule has 0 aliphatic carbocycles. The highest BCUT2D eigenvalue weighted by Crippen LogP contribution is 2.30. The van der Waals surface area contributed by atoms with Crippen LogP contribution in [-0.4, -0.2) is 81.5 Å². The predicted molar refractivity (Wildman–Crippen MR) is 89.8 cm³/mol. The van der Waals surface area contributed by atoms with Crippen LogP contribution in [0.1, 0.15) is 11.6 Å². The molecule has 6 nitrogen and oxygen atoms in total. The van der Waals surface area contributed by atoms with Gasteiger partial charge in [0.05, 0.1) is 39.6 Å². The van der Waals surface area contributed by atoms with Crippen LogP contribution in [0.25, 0.3) is 0 Å². The quantitative estimate of drug-likeness (QED) is 0.747. The summed E-state index contributed by atoms with van der Waals surface area (Å²) in [5, 5.41) is 0. The number of benzene rings is 1. The molecule has 2 fully saturated rings. The largest absolute Gasteiger partial charge is 0.468 e. The predicted octanol–water partition coefficient (Wildman–Crippen LogP) is 0.934. The minimum atomic E-state index is -0.334. The third kappa shape index (κ3) is 3.95. The molecule has 2 aliphatic rings. The number of carbonyl (C=O) groups is 1. The summed E-state index contributed by atoms with van der Waals surface area (Å²) in [6, 6.07) is 9.86. The van der Waals surface area contributed by atoms with Gasteiger partial charge in [-0.05, 0) is 5.56 Å². The summed E-state index contributed by atoms with van der Waals surface area (Å²) < 4.78 is 16.2. The first kappa shape index (κ1) is 17.4.